The molecule has 0 heterocycles. The van der Waals surface area contributed by atoms with Gasteiger partial charge >= 0.3 is 18.1 Å². The Bertz CT molecular complexity index is 899. The molecule has 2 aromatic rings. The van der Waals surface area contributed by atoms with Crippen molar-refractivity contribution in [2.24, 2.45) is 0 Å². The van der Waals surface area contributed by atoms with Gasteiger partial charge in [0.15, 0.2) is 5.75 Å². The van der Waals surface area contributed by atoms with Crippen LogP contribution < -0.4 is 10.1 Å². The van der Waals surface area contributed by atoms with Crippen molar-refractivity contribution in [3.05, 3.63) is 50.4 Å². The molecule has 1 amide bonds. The first-order chi connectivity index (χ1) is 13.0. The summed E-state index contributed by atoms with van der Waals surface area (Å²) < 4.78 is 47.3. The van der Waals surface area contributed by atoms with E-state index < -0.39 is 18.1 Å². The number of methoxy groups -OCH3 is 1. The first kappa shape index (κ1) is 22.3. The SMILES string of the molecule is COC(=O)Cc1cc(Cl)c(Oc2ccc(NC(=O)C(F)(F)F)c(Br)c2)c(Cl)c1. The Balaban J connectivity index is 2.21. The lowest BCUT2D eigenvalue weighted by atomic mass is 10.1. The minimum Gasteiger partial charge on any atom is -0.469 e. The third-order valence-electron chi connectivity index (χ3n) is 3.30. The van der Waals surface area contributed by atoms with Crippen molar-refractivity contribution < 1.29 is 32.2 Å². The highest BCUT2D eigenvalue weighted by atomic mass is 79.9. The Kier molecular flexibility index (Phi) is 7.19. The number of benzene rings is 2. The predicted molar refractivity (Wildman–Crippen MR) is 101 cm³/mol. The molecule has 11 heteroatoms. The van der Waals surface area contributed by atoms with Crippen LogP contribution in [0, 0.1) is 0 Å². The topological polar surface area (TPSA) is 64.6 Å². The summed E-state index contributed by atoms with van der Waals surface area (Å²) in [4.78, 5) is 22.4. The lowest BCUT2D eigenvalue weighted by Crippen LogP contribution is -2.30. The molecule has 0 radical (unpaired) electrons. The summed E-state index contributed by atoms with van der Waals surface area (Å²) in [6, 6.07) is 6.84. The molecule has 0 aliphatic heterocycles. The maximum atomic E-state index is 12.3. The quantitative estimate of drug-likeness (QED) is 0.530. The van der Waals surface area contributed by atoms with E-state index in [0.29, 0.717) is 5.56 Å². The number of alkyl halides is 3. The van der Waals surface area contributed by atoms with Crippen LogP contribution in [-0.4, -0.2) is 25.2 Å². The largest absolute Gasteiger partial charge is 0.471 e. The maximum absolute atomic E-state index is 12.3. The number of rotatable bonds is 5. The number of amides is 1. The molecular weight excluding hydrogens is 490 g/mol. The van der Waals surface area contributed by atoms with E-state index >= 15 is 0 Å². The van der Waals surface area contributed by atoms with Gasteiger partial charge in [-0.2, -0.15) is 13.2 Å². The molecule has 0 aliphatic rings. The highest BCUT2D eigenvalue weighted by molar-refractivity contribution is 9.10. The standard InChI is InChI=1S/C17H11BrCl2F3NO4/c1-27-14(25)6-8-4-11(19)15(12(20)5-8)28-9-2-3-13(10(18)7-9)24-16(26)17(21,22)23/h2-5,7H,6H2,1H3,(H,24,26). The molecule has 0 atom stereocenters. The molecule has 2 aromatic carbocycles. The van der Waals surface area contributed by atoms with Crippen molar-refractivity contribution in [1.82, 2.24) is 0 Å². The van der Waals surface area contributed by atoms with E-state index in [4.69, 9.17) is 27.9 Å². The van der Waals surface area contributed by atoms with Gasteiger partial charge in [-0.1, -0.05) is 23.2 Å². The zero-order valence-electron chi connectivity index (χ0n) is 14.0. The Hall–Kier alpha value is -1.97. The second kappa shape index (κ2) is 9.02. The smallest absolute Gasteiger partial charge is 0.469 e. The number of nitrogens with one attached hydrogen (secondary N) is 1. The number of carbonyl (C=O) groups is 2. The van der Waals surface area contributed by atoms with Gasteiger partial charge in [-0.05, 0) is 51.8 Å². The van der Waals surface area contributed by atoms with E-state index in [0.717, 1.165) is 0 Å². The summed E-state index contributed by atoms with van der Waals surface area (Å²) >= 11 is 15.4. The van der Waals surface area contributed by atoms with Crippen molar-refractivity contribution in [3.8, 4) is 11.5 Å². The van der Waals surface area contributed by atoms with Crippen LogP contribution in [0.2, 0.25) is 10.0 Å². The Morgan fingerprint density at radius 1 is 1.14 bits per heavy atom. The van der Waals surface area contributed by atoms with E-state index in [1.54, 1.807) is 5.32 Å². The molecule has 0 saturated carbocycles. The van der Waals surface area contributed by atoms with Crippen LogP contribution in [0.5, 0.6) is 11.5 Å². The van der Waals surface area contributed by atoms with Gasteiger partial charge < -0.3 is 14.8 Å². The average molecular weight is 501 g/mol. The van der Waals surface area contributed by atoms with Gasteiger partial charge in [0.1, 0.15) is 5.75 Å². The van der Waals surface area contributed by atoms with Crippen molar-refractivity contribution >= 4 is 56.7 Å². The number of anilines is 1. The molecule has 28 heavy (non-hydrogen) atoms. The van der Waals surface area contributed by atoms with Crippen LogP contribution >= 0.6 is 39.1 Å². The summed E-state index contributed by atoms with van der Waals surface area (Å²) in [6.45, 7) is 0. The highest BCUT2D eigenvalue weighted by Crippen LogP contribution is 2.39. The summed E-state index contributed by atoms with van der Waals surface area (Å²) in [6.07, 6.45) is -5.04. The molecule has 150 valence electrons. The first-order valence-electron chi connectivity index (χ1n) is 7.41. The van der Waals surface area contributed by atoms with Crippen LogP contribution in [0.3, 0.4) is 0 Å². The second-order valence-corrected chi connectivity index (χ2v) is 7.01. The van der Waals surface area contributed by atoms with Gasteiger partial charge in [0, 0.05) is 4.47 Å². The second-order valence-electron chi connectivity index (χ2n) is 5.34. The fourth-order valence-corrected chi connectivity index (χ4v) is 3.09. The molecule has 0 spiro atoms. The fourth-order valence-electron chi connectivity index (χ4n) is 2.02. The van der Waals surface area contributed by atoms with Gasteiger partial charge in [0.05, 0.1) is 29.3 Å². The molecule has 0 bridgehead atoms. The summed E-state index contributed by atoms with van der Waals surface area (Å²) in [5.74, 6) is -2.28. The molecule has 5 nitrogen and oxygen atoms in total. The maximum Gasteiger partial charge on any atom is 0.471 e. The summed E-state index contributed by atoms with van der Waals surface area (Å²) in [7, 11) is 1.25. The number of halogens is 6. The van der Waals surface area contributed by atoms with Crippen molar-refractivity contribution in [2.75, 3.05) is 12.4 Å². The highest BCUT2D eigenvalue weighted by Gasteiger charge is 2.38. The Morgan fingerprint density at radius 3 is 2.25 bits per heavy atom. The van der Waals surface area contributed by atoms with E-state index in [1.807, 2.05) is 0 Å². The zero-order valence-corrected chi connectivity index (χ0v) is 17.1. The van der Waals surface area contributed by atoms with E-state index in [1.165, 1.54) is 37.4 Å². The summed E-state index contributed by atoms with van der Waals surface area (Å²) in [5, 5.41) is 1.98. The normalized spacial score (nSPS) is 11.1. The van der Waals surface area contributed by atoms with Crippen molar-refractivity contribution in [3.63, 3.8) is 0 Å². The first-order valence-corrected chi connectivity index (χ1v) is 8.96. The third kappa shape index (κ3) is 5.76. The molecule has 0 aromatic heterocycles. The van der Waals surface area contributed by atoms with Gasteiger partial charge in [-0.3, -0.25) is 9.59 Å². The lowest BCUT2D eigenvalue weighted by molar-refractivity contribution is -0.167. The Labute approximate surface area is 175 Å². The molecule has 0 unspecified atom stereocenters. The van der Waals surface area contributed by atoms with E-state index in [9.17, 15) is 22.8 Å². The number of hydrogen-bond donors (Lipinski definition) is 1. The van der Waals surface area contributed by atoms with Crippen LogP contribution in [0.1, 0.15) is 5.56 Å². The average Bonchev–Trinajstić information content (AvgIpc) is 2.59. The number of esters is 1. The van der Waals surface area contributed by atoms with Crippen molar-refractivity contribution in [2.45, 2.75) is 12.6 Å². The van der Waals surface area contributed by atoms with Gasteiger partial charge in [0.2, 0.25) is 0 Å². The number of ether oxygens (including phenoxy) is 2. The minimum atomic E-state index is -5.01. The van der Waals surface area contributed by atoms with E-state index in [-0.39, 0.29) is 38.1 Å². The molecular formula is C17H11BrCl2F3NO4. The molecule has 0 fully saturated rings. The Morgan fingerprint density at radius 2 is 1.75 bits per heavy atom. The molecule has 2 rings (SSSR count). The van der Waals surface area contributed by atoms with Gasteiger partial charge in [0.25, 0.3) is 0 Å². The molecule has 1 N–H and O–H groups in total. The molecule has 0 aliphatic carbocycles. The summed E-state index contributed by atoms with van der Waals surface area (Å²) in [5.41, 5.74) is 0.417. The van der Waals surface area contributed by atoms with Crippen LogP contribution in [0.15, 0.2) is 34.8 Å². The van der Waals surface area contributed by atoms with Crippen molar-refractivity contribution in [1.29, 1.82) is 0 Å². The van der Waals surface area contributed by atoms with Crippen LogP contribution in [0.4, 0.5) is 18.9 Å². The fraction of sp³-hybridized carbons (Fsp3) is 0.176. The van der Waals surface area contributed by atoms with E-state index in [2.05, 4.69) is 20.7 Å². The van der Waals surface area contributed by atoms with Crippen LogP contribution in [0.25, 0.3) is 0 Å². The minimum absolute atomic E-state index is 0.0324. The number of hydrogen-bond acceptors (Lipinski definition) is 4. The number of carbonyl (C=O) groups excluding carboxylic acids is 2. The zero-order chi connectivity index (χ0) is 21.1. The lowest BCUT2D eigenvalue weighted by Gasteiger charge is -2.14. The third-order valence-corrected chi connectivity index (χ3v) is 4.52. The van der Waals surface area contributed by atoms with Gasteiger partial charge in [-0.15, -0.1) is 0 Å². The van der Waals surface area contributed by atoms with Gasteiger partial charge in [-0.25, -0.2) is 0 Å². The monoisotopic (exact) mass is 499 g/mol. The predicted octanol–water partition coefficient (Wildman–Crippen LogP) is 5.76. The molecule has 0 saturated heterocycles. The van der Waals surface area contributed by atoms with Crippen LogP contribution in [-0.2, 0) is 20.7 Å².